The summed E-state index contributed by atoms with van der Waals surface area (Å²) in [5.41, 5.74) is 5.51. The van der Waals surface area contributed by atoms with Crippen LogP contribution in [-0.4, -0.2) is 30.1 Å². The molecule has 0 saturated heterocycles. The first-order valence-corrected chi connectivity index (χ1v) is 6.12. The molecule has 1 aromatic carbocycles. The number of ether oxygens (including phenoxy) is 1. The van der Waals surface area contributed by atoms with Gasteiger partial charge < -0.3 is 21.1 Å². The zero-order valence-electron chi connectivity index (χ0n) is 11.4. The number of carbonyl (C=O) groups is 1. The molecule has 0 radical (unpaired) electrons. The van der Waals surface area contributed by atoms with Crippen LogP contribution in [0.3, 0.4) is 0 Å². The highest BCUT2D eigenvalue weighted by Gasteiger charge is 2.16. The molecule has 0 aliphatic rings. The van der Waals surface area contributed by atoms with Gasteiger partial charge in [-0.25, -0.2) is 4.79 Å². The van der Waals surface area contributed by atoms with Crippen molar-refractivity contribution >= 4 is 17.4 Å². The van der Waals surface area contributed by atoms with Gasteiger partial charge in [-0.2, -0.15) is 0 Å². The van der Waals surface area contributed by atoms with Crippen LogP contribution < -0.4 is 21.1 Å². The number of nitro benzene ring substituents is 1. The van der Waals surface area contributed by atoms with Crippen molar-refractivity contribution in [3.8, 4) is 5.75 Å². The van der Waals surface area contributed by atoms with Gasteiger partial charge in [-0.1, -0.05) is 0 Å². The van der Waals surface area contributed by atoms with E-state index in [-0.39, 0.29) is 17.5 Å². The van der Waals surface area contributed by atoms with Crippen molar-refractivity contribution in [3.05, 3.63) is 28.3 Å². The van der Waals surface area contributed by atoms with Crippen molar-refractivity contribution in [2.45, 2.75) is 20.0 Å². The van der Waals surface area contributed by atoms with Gasteiger partial charge in [0.05, 0.1) is 11.0 Å². The molecule has 1 rings (SSSR count). The van der Waals surface area contributed by atoms with Crippen molar-refractivity contribution in [2.24, 2.45) is 5.73 Å². The van der Waals surface area contributed by atoms with E-state index < -0.39 is 11.0 Å². The average molecular weight is 282 g/mol. The molecule has 8 heteroatoms. The molecule has 20 heavy (non-hydrogen) atoms. The van der Waals surface area contributed by atoms with Crippen LogP contribution in [-0.2, 0) is 0 Å². The first kappa shape index (κ1) is 15.5. The first-order chi connectivity index (χ1) is 9.40. The predicted octanol–water partition coefficient (Wildman–Crippen LogP) is 1.46. The van der Waals surface area contributed by atoms with Crippen LogP contribution in [0.4, 0.5) is 16.2 Å². The Kier molecular flexibility index (Phi) is 5.57. The van der Waals surface area contributed by atoms with Gasteiger partial charge in [-0.15, -0.1) is 0 Å². The fourth-order valence-corrected chi connectivity index (χ4v) is 1.52. The van der Waals surface area contributed by atoms with Crippen molar-refractivity contribution < 1.29 is 14.5 Å². The van der Waals surface area contributed by atoms with Gasteiger partial charge in [0, 0.05) is 30.9 Å². The summed E-state index contributed by atoms with van der Waals surface area (Å²) in [5, 5.41) is 16.3. The van der Waals surface area contributed by atoms with E-state index in [2.05, 4.69) is 10.6 Å². The van der Waals surface area contributed by atoms with E-state index in [4.69, 9.17) is 10.5 Å². The van der Waals surface area contributed by atoms with Crippen LogP contribution in [0.5, 0.6) is 5.75 Å². The van der Waals surface area contributed by atoms with Gasteiger partial charge in [0.2, 0.25) is 0 Å². The minimum Gasteiger partial charge on any atom is -0.484 e. The minimum atomic E-state index is -0.598. The molecular weight excluding hydrogens is 264 g/mol. The van der Waals surface area contributed by atoms with Gasteiger partial charge in [-0.05, 0) is 19.9 Å². The summed E-state index contributed by atoms with van der Waals surface area (Å²) >= 11 is 0. The number of urea groups is 1. The molecule has 0 bridgehead atoms. The third kappa shape index (κ3) is 5.01. The van der Waals surface area contributed by atoms with Crippen LogP contribution in [0.25, 0.3) is 0 Å². The number of carbonyl (C=O) groups excluding carboxylic acids is 1. The highest BCUT2D eigenvalue weighted by molar-refractivity contribution is 5.71. The van der Waals surface area contributed by atoms with E-state index in [0.29, 0.717) is 18.8 Å². The molecule has 4 N–H and O–H groups in total. The van der Waals surface area contributed by atoms with E-state index in [1.54, 1.807) is 26.0 Å². The second-order valence-electron chi connectivity index (χ2n) is 4.32. The SMILES string of the molecule is CC(C)Oc1cc(NCCNC(N)=O)ccc1[N+](=O)[O-]. The Hall–Kier alpha value is -2.51. The molecule has 0 fully saturated rings. The smallest absolute Gasteiger partial charge is 0.312 e. The number of nitrogens with zero attached hydrogens (tertiary/aromatic N) is 1. The lowest BCUT2D eigenvalue weighted by Crippen LogP contribution is -2.33. The van der Waals surface area contributed by atoms with Crippen LogP contribution in [0.1, 0.15) is 13.8 Å². The summed E-state index contributed by atoms with van der Waals surface area (Å²) in [6.07, 6.45) is -0.166. The Morgan fingerprint density at radius 3 is 2.70 bits per heavy atom. The molecule has 8 nitrogen and oxygen atoms in total. The summed E-state index contributed by atoms with van der Waals surface area (Å²) in [5.74, 6) is 0.206. The van der Waals surface area contributed by atoms with E-state index in [9.17, 15) is 14.9 Å². The quantitative estimate of drug-likeness (QED) is 0.397. The number of nitro groups is 1. The van der Waals surface area contributed by atoms with Crippen molar-refractivity contribution in [1.82, 2.24) is 5.32 Å². The molecule has 0 atom stereocenters. The fourth-order valence-electron chi connectivity index (χ4n) is 1.52. The molecule has 2 amide bonds. The molecule has 0 aliphatic heterocycles. The molecule has 0 unspecified atom stereocenters. The van der Waals surface area contributed by atoms with Crippen LogP contribution in [0, 0.1) is 10.1 Å². The number of nitrogens with one attached hydrogen (secondary N) is 2. The molecule has 0 spiro atoms. The third-order valence-corrected chi connectivity index (χ3v) is 2.27. The Morgan fingerprint density at radius 1 is 1.45 bits per heavy atom. The Labute approximate surface area is 116 Å². The lowest BCUT2D eigenvalue weighted by atomic mass is 10.2. The largest absolute Gasteiger partial charge is 0.484 e. The number of primary amides is 1. The van der Waals surface area contributed by atoms with E-state index >= 15 is 0 Å². The van der Waals surface area contributed by atoms with Crippen LogP contribution in [0.15, 0.2) is 18.2 Å². The van der Waals surface area contributed by atoms with E-state index in [0.717, 1.165) is 0 Å². The minimum absolute atomic E-state index is 0.0838. The van der Waals surface area contributed by atoms with E-state index in [1.165, 1.54) is 6.07 Å². The lowest BCUT2D eigenvalue weighted by Gasteiger charge is -2.12. The Bertz CT molecular complexity index is 490. The Balaban J connectivity index is 2.73. The first-order valence-electron chi connectivity index (χ1n) is 6.12. The maximum absolute atomic E-state index is 10.9. The van der Waals surface area contributed by atoms with Crippen LogP contribution >= 0.6 is 0 Å². The second-order valence-corrected chi connectivity index (χ2v) is 4.32. The number of hydrogen-bond acceptors (Lipinski definition) is 5. The molecule has 0 aliphatic carbocycles. The summed E-state index contributed by atoms with van der Waals surface area (Å²) in [4.78, 5) is 20.9. The van der Waals surface area contributed by atoms with E-state index in [1.807, 2.05) is 0 Å². The zero-order chi connectivity index (χ0) is 15.1. The third-order valence-electron chi connectivity index (χ3n) is 2.27. The van der Waals surface area contributed by atoms with Crippen LogP contribution in [0.2, 0.25) is 0 Å². The molecule has 0 aromatic heterocycles. The average Bonchev–Trinajstić information content (AvgIpc) is 2.33. The molecule has 110 valence electrons. The zero-order valence-corrected chi connectivity index (χ0v) is 11.4. The normalized spacial score (nSPS) is 10.2. The molecule has 1 aromatic rings. The number of amides is 2. The summed E-state index contributed by atoms with van der Waals surface area (Å²) in [7, 11) is 0. The highest BCUT2D eigenvalue weighted by Crippen LogP contribution is 2.30. The van der Waals surface area contributed by atoms with Gasteiger partial charge in [0.25, 0.3) is 0 Å². The topological polar surface area (TPSA) is 120 Å². The second kappa shape index (κ2) is 7.17. The van der Waals surface area contributed by atoms with Crippen molar-refractivity contribution in [3.63, 3.8) is 0 Å². The molecular formula is C12H18N4O4. The molecule has 0 saturated carbocycles. The number of benzene rings is 1. The molecule has 0 heterocycles. The van der Waals surface area contributed by atoms with Gasteiger partial charge in [0.1, 0.15) is 0 Å². The van der Waals surface area contributed by atoms with Gasteiger partial charge >= 0.3 is 11.7 Å². The maximum Gasteiger partial charge on any atom is 0.312 e. The Morgan fingerprint density at radius 2 is 2.15 bits per heavy atom. The summed E-state index contributed by atoms with van der Waals surface area (Å²) in [6.45, 7) is 4.38. The number of nitrogens with two attached hydrogens (primary N) is 1. The maximum atomic E-state index is 10.9. The standard InChI is InChI=1S/C12H18N4O4/c1-8(2)20-11-7-9(3-4-10(11)16(18)19)14-5-6-15-12(13)17/h3-4,7-8,14H,5-6H2,1-2H3,(H3,13,15,17). The van der Waals surface area contributed by atoms with Crippen molar-refractivity contribution in [1.29, 1.82) is 0 Å². The summed E-state index contributed by atoms with van der Waals surface area (Å²) < 4.78 is 5.42. The number of hydrogen-bond donors (Lipinski definition) is 3. The fraction of sp³-hybridized carbons (Fsp3) is 0.417. The van der Waals surface area contributed by atoms with Crippen molar-refractivity contribution in [2.75, 3.05) is 18.4 Å². The van der Waals surface area contributed by atoms with Gasteiger partial charge in [0.15, 0.2) is 5.75 Å². The summed E-state index contributed by atoms with van der Waals surface area (Å²) in [6, 6.07) is 3.92. The number of anilines is 1. The van der Waals surface area contributed by atoms with Gasteiger partial charge in [-0.3, -0.25) is 10.1 Å². The lowest BCUT2D eigenvalue weighted by molar-refractivity contribution is -0.386. The monoisotopic (exact) mass is 282 g/mol. The highest BCUT2D eigenvalue weighted by atomic mass is 16.6. The number of rotatable bonds is 7. The predicted molar refractivity (Wildman–Crippen MR) is 74.9 cm³/mol.